The van der Waals surface area contributed by atoms with Crippen LogP contribution in [0.15, 0.2) is 0 Å². The van der Waals surface area contributed by atoms with Gasteiger partial charge in [-0.2, -0.15) is 13.2 Å². The summed E-state index contributed by atoms with van der Waals surface area (Å²) < 4.78 is 37.9. The lowest BCUT2D eigenvalue weighted by Crippen LogP contribution is -2.49. The lowest BCUT2D eigenvalue weighted by molar-refractivity contribution is -0.151. The minimum atomic E-state index is -4.07. The van der Waals surface area contributed by atoms with Gasteiger partial charge in [-0.3, -0.25) is 4.90 Å². The lowest BCUT2D eigenvalue weighted by atomic mass is 9.78. The first-order chi connectivity index (χ1) is 8.44. The smallest absolute Gasteiger partial charge is 0.316 e. The van der Waals surface area contributed by atoms with E-state index in [4.69, 9.17) is 0 Å². The Kier molecular flexibility index (Phi) is 4.22. The van der Waals surface area contributed by atoms with Crippen molar-refractivity contribution in [2.24, 2.45) is 5.41 Å². The zero-order valence-corrected chi connectivity index (χ0v) is 11.0. The molecule has 2 aliphatic rings. The van der Waals surface area contributed by atoms with Crippen LogP contribution in [-0.4, -0.2) is 43.3 Å². The van der Waals surface area contributed by atoms with E-state index >= 15 is 0 Å². The zero-order chi connectivity index (χ0) is 13.2. The number of hydrogen-bond donors (Lipinski definition) is 1. The van der Waals surface area contributed by atoms with Crippen LogP contribution in [0.1, 0.15) is 39.0 Å². The van der Waals surface area contributed by atoms with Crippen LogP contribution in [0.5, 0.6) is 0 Å². The highest BCUT2D eigenvalue weighted by molar-refractivity contribution is 4.93. The van der Waals surface area contributed by atoms with Crippen molar-refractivity contribution < 1.29 is 13.2 Å². The fraction of sp³-hybridized carbons (Fsp3) is 1.00. The summed E-state index contributed by atoms with van der Waals surface area (Å²) in [5.74, 6) is 0. The molecule has 1 atom stereocenters. The number of nitrogens with zero attached hydrogens (tertiary/aromatic N) is 1. The van der Waals surface area contributed by atoms with Crippen molar-refractivity contribution in [3.05, 3.63) is 0 Å². The molecular formula is C13H23F3N2. The van der Waals surface area contributed by atoms with Gasteiger partial charge in [-0.25, -0.2) is 0 Å². The molecule has 2 rings (SSSR count). The minimum Gasteiger partial charge on any atom is -0.316 e. The maximum Gasteiger partial charge on any atom is 0.401 e. The van der Waals surface area contributed by atoms with Crippen LogP contribution in [0.25, 0.3) is 0 Å². The van der Waals surface area contributed by atoms with Crippen molar-refractivity contribution in [2.45, 2.75) is 51.2 Å². The van der Waals surface area contributed by atoms with Gasteiger partial charge in [0.05, 0.1) is 6.54 Å². The first-order valence-corrected chi connectivity index (χ1v) is 6.96. The third kappa shape index (κ3) is 3.85. The molecule has 106 valence electrons. The molecule has 1 aliphatic heterocycles. The second-order valence-electron chi connectivity index (χ2n) is 5.89. The molecule has 1 aliphatic carbocycles. The molecule has 1 saturated heterocycles. The van der Waals surface area contributed by atoms with E-state index in [0.29, 0.717) is 6.54 Å². The molecule has 0 aromatic rings. The van der Waals surface area contributed by atoms with Gasteiger partial charge in [-0.05, 0) is 44.1 Å². The number of hydrogen-bond acceptors (Lipinski definition) is 2. The van der Waals surface area contributed by atoms with Gasteiger partial charge in [-0.15, -0.1) is 0 Å². The Hall–Kier alpha value is -0.290. The number of halogens is 3. The summed E-state index contributed by atoms with van der Waals surface area (Å²) in [6.45, 7) is 3.83. The normalized spacial score (nSPS) is 29.8. The SMILES string of the molecule is CCC1(CN(CC(F)(F)F)C2CC2)CCCNC1. The third-order valence-corrected chi connectivity index (χ3v) is 4.29. The van der Waals surface area contributed by atoms with Crippen LogP contribution in [0.4, 0.5) is 13.2 Å². The summed E-state index contributed by atoms with van der Waals surface area (Å²) in [6, 6.07) is 0.178. The minimum absolute atomic E-state index is 0.0477. The van der Waals surface area contributed by atoms with Crippen LogP contribution >= 0.6 is 0 Å². The van der Waals surface area contributed by atoms with E-state index in [1.54, 1.807) is 4.90 Å². The van der Waals surface area contributed by atoms with Crippen LogP contribution in [0.2, 0.25) is 0 Å². The highest BCUT2D eigenvalue weighted by Gasteiger charge is 2.42. The van der Waals surface area contributed by atoms with Gasteiger partial charge in [-0.1, -0.05) is 6.92 Å². The van der Waals surface area contributed by atoms with Crippen LogP contribution in [-0.2, 0) is 0 Å². The molecule has 0 bridgehead atoms. The van der Waals surface area contributed by atoms with Crippen molar-refractivity contribution in [3.8, 4) is 0 Å². The lowest BCUT2D eigenvalue weighted by Gasteiger charge is -2.41. The molecule has 1 saturated carbocycles. The topological polar surface area (TPSA) is 15.3 Å². The van der Waals surface area contributed by atoms with Gasteiger partial charge >= 0.3 is 6.18 Å². The Morgan fingerprint density at radius 1 is 1.33 bits per heavy atom. The second-order valence-corrected chi connectivity index (χ2v) is 5.89. The van der Waals surface area contributed by atoms with E-state index in [9.17, 15) is 13.2 Å². The first kappa shape index (κ1) is 14.1. The summed E-state index contributed by atoms with van der Waals surface area (Å²) in [6.07, 6.45) is 0.892. The van der Waals surface area contributed by atoms with Gasteiger partial charge in [0.15, 0.2) is 0 Å². The fourth-order valence-corrected chi connectivity index (χ4v) is 2.99. The molecule has 1 unspecified atom stereocenters. The summed E-state index contributed by atoms with van der Waals surface area (Å²) >= 11 is 0. The van der Waals surface area contributed by atoms with Crippen molar-refractivity contribution >= 4 is 0 Å². The van der Waals surface area contributed by atoms with Gasteiger partial charge in [0.25, 0.3) is 0 Å². The predicted molar refractivity (Wildman–Crippen MR) is 65.5 cm³/mol. The average molecular weight is 264 g/mol. The molecule has 0 aromatic carbocycles. The van der Waals surface area contributed by atoms with Gasteiger partial charge < -0.3 is 5.32 Å². The fourth-order valence-electron chi connectivity index (χ4n) is 2.99. The van der Waals surface area contributed by atoms with E-state index in [-0.39, 0.29) is 11.5 Å². The van der Waals surface area contributed by atoms with Crippen LogP contribution in [0.3, 0.4) is 0 Å². The third-order valence-electron chi connectivity index (χ3n) is 4.29. The van der Waals surface area contributed by atoms with Crippen molar-refractivity contribution in [3.63, 3.8) is 0 Å². The van der Waals surface area contributed by atoms with Gasteiger partial charge in [0.1, 0.15) is 0 Å². The monoisotopic (exact) mass is 264 g/mol. The summed E-state index contributed by atoms with van der Waals surface area (Å²) in [7, 11) is 0. The molecule has 0 radical (unpaired) electrons. The molecule has 2 fully saturated rings. The van der Waals surface area contributed by atoms with E-state index in [2.05, 4.69) is 12.2 Å². The highest BCUT2D eigenvalue weighted by Crippen LogP contribution is 2.37. The summed E-state index contributed by atoms with van der Waals surface area (Å²) in [5.41, 5.74) is 0.0477. The van der Waals surface area contributed by atoms with Crippen molar-refractivity contribution in [1.82, 2.24) is 10.2 Å². The summed E-state index contributed by atoms with van der Waals surface area (Å²) in [5, 5.41) is 3.35. The molecule has 0 spiro atoms. The standard InChI is InChI=1S/C13H23F3N2/c1-2-12(6-3-7-17-8-12)9-18(11-4-5-11)10-13(14,15)16/h11,17H,2-10H2,1H3. The van der Waals surface area contributed by atoms with E-state index < -0.39 is 12.7 Å². The van der Waals surface area contributed by atoms with Crippen LogP contribution < -0.4 is 5.32 Å². The molecule has 0 aromatic heterocycles. The predicted octanol–water partition coefficient (Wildman–Crippen LogP) is 2.79. The second kappa shape index (κ2) is 5.37. The van der Waals surface area contributed by atoms with E-state index in [1.807, 2.05) is 0 Å². The number of nitrogens with one attached hydrogen (secondary N) is 1. The maximum absolute atomic E-state index is 12.6. The van der Waals surface area contributed by atoms with Crippen molar-refractivity contribution in [1.29, 1.82) is 0 Å². The molecule has 0 amide bonds. The number of alkyl halides is 3. The maximum atomic E-state index is 12.6. The molecule has 18 heavy (non-hydrogen) atoms. The highest BCUT2D eigenvalue weighted by atomic mass is 19.4. The molecule has 1 heterocycles. The summed E-state index contributed by atoms with van der Waals surface area (Å²) in [4.78, 5) is 1.68. The Morgan fingerprint density at radius 2 is 2.06 bits per heavy atom. The molecule has 5 heteroatoms. The van der Waals surface area contributed by atoms with E-state index in [0.717, 1.165) is 45.2 Å². The Labute approximate surface area is 107 Å². The zero-order valence-electron chi connectivity index (χ0n) is 11.0. The Bertz CT molecular complexity index is 268. The average Bonchev–Trinajstić information content (AvgIpc) is 3.11. The molecule has 1 N–H and O–H groups in total. The van der Waals surface area contributed by atoms with Crippen molar-refractivity contribution in [2.75, 3.05) is 26.2 Å². The molecule has 2 nitrogen and oxygen atoms in total. The van der Waals surface area contributed by atoms with Gasteiger partial charge in [0.2, 0.25) is 0 Å². The van der Waals surface area contributed by atoms with Gasteiger partial charge in [0, 0.05) is 19.1 Å². The quantitative estimate of drug-likeness (QED) is 0.821. The first-order valence-electron chi connectivity index (χ1n) is 6.96. The Morgan fingerprint density at radius 3 is 2.50 bits per heavy atom. The van der Waals surface area contributed by atoms with Crippen LogP contribution in [0, 0.1) is 5.41 Å². The Balaban J connectivity index is 1.98. The van der Waals surface area contributed by atoms with E-state index in [1.165, 1.54) is 0 Å². The number of piperidine rings is 1. The number of rotatable bonds is 5. The largest absolute Gasteiger partial charge is 0.401 e. The molecular weight excluding hydrogens is 241 g/mol.